The Bertz CT molecular complexity index is 611. The number of rotatable bonds is 4. The third-order valence-corrected chi connectivity index (χ3v) is 4.90. The number of hydrogen-bond acceptors (Lipinski definition) is 1. The van der Waals surface area contributed by atoms with Crippen molar-refractivity contribution in [3.05, 3.63) is 56.0 Å². The summed E-state index contributed by atoms with van der Waals surface area (Å²) in [6, 6.07) is 9.89. The van der Waals surface area contributed by atoms with E-state index in [2.05, 4.69) is 19.2 Å². The van der Waals surface area contributed by atoms with Gasteiger partial charge in [-0.2, -0.15) is 0 Å². The molecule has 5 heteroatoms. The second kappa shape index (κ2) is 7.21. The van der Waals surface area contributed by atoms with Gasteiger partial charge in [0.1, 0.15) is 0 Å². The van der Waals surface area contributed by atoms with Crippen molar-refractivity contribution in [2.24, 2.45) is 0 Å². The van der Waals surface area contributed by atoms with E-state index in [1.165, 1.54) is 5.56 Å². The molecule has 0 aliphatic carbocycles. The van der Waals surface area contributed by atoms with Crippen molar-refractivity contribution in [1.29, 1.82) is 0 Å². The summed E-state index contributed by atoms with van der Waals surface area (Å²) in [5.74, 6) is 0. The third-order valence-electron chi connectivity index (χ3n) is 3.32. The van der Waals surface area contributed by atoms with Crippen molar-refractivity contribution < 1.29 is 0 Å². The van der Waals surface area contributed by atoms with Gasteiger partial charge in [0.15, 0.2) is 0 Å². The summed E-state index contributed by atoms with van der Waals surface area (Å²) in [5.41, 5.74) is 2.75. The maximum Gasteiger partial charge on any atom is 0.0686 e. The molecule has 0 aliphatic rings. The lowest BCUT2D eigenvalue weighted by molar-refractivity contribution is 0.598. The Kier molecular flexibility index (Phi) is 5.81. The highest BCUT2D eigenvalue weighted by Crippen LogP contribution is 2.43. The van der Waals surface area contributed by atoms with Gasteiger partial charge in [-0.3, -0.25) is 0 Å². The fraction of sp³-hybridized carbons (Fsp3) is 0.250. The molecule has 2 aromatic rings. The molecular weight excluding hydrogens is 348 g/mol. The van der Waals surface area contributed by atoms with Gasteiger partial charge in [-0.15, -0.1) is 0 Å². The zero-order valence-electron chi connectivity index (χ0n) is 11.7. The van der Waals surface area contributed by atoms with E-state index in [-0.39, 0.29) is 6.04 Å². The molecule has 0 amide bonds. The van der Waals surface area contributed by atoms with Crippen molar-refractivity contribution in [3.8, 4) is 11.1 Å². The van der Waals surface area contributed by atoms with Gasteiger partial charge in [0.25, 0.3) is 0 Å². The van der Waals surface area contributed by atoms with Crippen LogP contribution < -0.4 is 5.32 Å². The molecular formula is C16H15Cl4N. The summed E-state index contributed by atoms with van der Waals surface area (Å²) in [5, 5.41) is 4.99. The van der Waals surface area contributed by atoms with Crippen LogP contribution in [0.1, 0.15) is 25.5 Å². The average molecular weight is 363 g/mol. The van der Waals surface area contributed by atoms with Crippen LogP contribution in [0.3, 0.4) is 0 Å². The van der Waals surface area contributed by atoms with E-state index in [0.717, 1.165) is 12.1 Å². The zero-order valence-corrected chi connectivity index (χ0v) is 14.7. The zero-order chi connectivity index (χ0) is 15.6. The Morgan fingerprint density at radius 2 is 1.48 bits per heavy atom. The topological polar surface area (TPSA) is 12.0 Å². The van der Waals surface area contributed by atoms with E-state index in [0.29, 0.717) is 25.7 Å². The van der Waals surface area contributed by atoms with Crippen LogP contribution in [-0.4, -0.2) is 6.54 Å². The quantitative estimate of drug-likeness (QED) is 0.601. The molecule has 0 aromatic heterocycles. The van der Waals surface area contributed by atoms with Crippen LogP contribution in [-0.2, 0) is 0 Å². The second-order valence-corrected chi connectivity index (χ2v) is 6.31. The lowest BCUT2D eigenvalue weighted by atomic mass is 10.0. The van der Waals surface area contributed by atoms with Crippen molar-refractivity contribution in [2.75, 3.05) is 6.54 Å². The molecule has 1 atom stereocenters. The van der Waals surface area contributed by atoms with Gasteiger partial charge in [0.2, 0.25) is 0 Å². The molecule has 0 aliphatic heterocycles. The fourth-order valence-electron chi connectivity index (χ4n) is 2.19. The molecule has 0 fully saturated rings. The Balaban J connectivity index is 2.44. The first kappa shape index (κ1) is 16.9. The molecule has 112 valence electrons. The molecule has 1 unspecified atom stereocenters. The van der Waals surface area contributed by atoms with Crippen LogP contribution in [0.4, 0.5) is 0 Å². The normalized spacial score (nSPS) is 12.5. The third kappa shape index (κ3) is 3.67. The molecule has 21 heavy (non-hydrogen) atoms. The summed E-state index contributed by atoms with van der Waals surface area (Å²) in [4.78, 5) is 0. The van der Waals surface area contributed by atoms with E-state index >= 15 is 0 Å². The Morgan fingerprint density at radius 1 is 0.952 bits per heavy atom. The van der Waals surface area contributed by atoms with Crippen LogP contribution in [0.25, 0.3) is 11.1 Å². The molecule has 1 nitrogen and oxygen atoms in total. The minimum absolute atomic E-state index is 0.290. The van der Waals surface area contributed by atoms with Gasteiger partial charge in [-0.1, -0.05) is 77.6 Å². The Morgan fingerprint density at radius 3 is 1.95 bits per heavy atom. The molecule has 0 saturated carbocycles. The fourth-order valence-corrected chi connectivity index (χ4v) is 3.22. The summed E-state index contributed by atoms with van der Waals surface area (Å²) in [6.07, 6.45) is 0. The number of nitrogens with one attached hydrogen (secondary N) is 1. The molecule has 0 bridgehead atoms. The summed E-state index contributed by atoms with van der Waals surface area (Å²) >= 11 is 24.7. The van der Waals surface area contributed by atoms with Gasteiger partial charge in [-0.25, -0.2) is 0 Å². The summed E-state index contributed by atoms with van der Waals surface area (Å²) < 4.78 is 0. The van der Waals surface area contributed by atoms with Gasteiger partial charge in [0.05, 0.1) is 20.1 Å². The van der Waals surface area contributed by atoms with Crippen molar-refractivity contribution in [2.45, 2.75) is 19.9 Å². The van der Waals surface area contributed by atoms with Crippen molar-refractivity contribution in [1.82, 2.24) is 5.32 Å². The van der Waals surface area contributed by atoms with Crippen LogP contribution >= 0.6 is 46.4 Å². The van der Waals surface area contributed by atoms with E-state index in [9.17, 15) is 0 Å². The molecule has 0 radical (unpaired) electrons. The van der Waals surface area contributed by atoms with Crippen molar-refractivity contribution in [3.63, 3.8) is 0 Å². The lowest BCUT2D eigenvalue weighted by Crippen LogP contribution is -2.17. The number of halogens is 4. The van der Waals surface area contributed by atoms with Crippen LogP contribution in [0.5, 0.6) is 0 Å². The first-order valence-corrected chi connectivity index (χ1v) is 8.13. The molecule has 1 N–H and O–H groups in total. The van der Waals surface area contributed by atoms with Crippen molar-refractivity contribution >= 4 is 46.4 Å². The van der Waals surface area contributed by atoms with E-state index in [4.69, 9.17) is 46.4 Å². The molecule has 2 aromatic carbocycles. The standard InChI is InChI=1S/C16H15Cl4N/c1-3-21-9(2)10-4-6-11(7-5-10)14-15(19)12(17)8-13(18)16(14)20/h4-9,21H,3H2,1-2H3. The van der Waals surface area contributed by atoms with Gasteiger partial charge in [-0.05, 0) is 30.7 Å². The predicted molar refractivity (Wildman–Crippen MR) is 94.0 cm³/mol. The Labute approximate surface area is 145 Å². The minimum atomic E-state index is 0.290. The van der Waals surface area contributed by atoms with Crippen LogP contribution in [0.2, 0.25) is 20.1 Å². The minimum Gasteiger partial charge on any atom is -0.310 e. The first-order chi connectivity index (χ1) is 9.95. The van der Waals surface area contributed by atoms with Gasteiger partial charge in [0, 0.05) is 11.6 Å². The maximum atomic E-state index is 6.27. The number of benzene rings is 2. The van der Waals surface area contributed by atoms with Gasteiger partial charge < -0.3 is 5.32 Å². The first-order valence-electron chi connectivity index (χ1n) is 6.62. The molecule has 0 heterocycles. The van der Waals surface area contributed by atoms with Crippen LogP contribution in [0, 0.1) is 0 Å². The highest BCUT2D eigenvalue weighted by molar-refractivity contribution is 6.50. The molecule has 2 rings (SSSR count). The summed E-state index contributed by atoms with van der Waals surface area (Å²) in [6.45, 7) is 5.12. The highest BCUT2D eigenvalue weighted by Gasteiger charge is 2.16. The highest BCUT2D eigenvalue weighted by atomic mass is 35.5. The maximum absolute atomic E-state index is 6.27. The van der Waals surface area contributed by atoms with E-state index < -0.39 is 0 Å². The predicted octanol–water partition coefficient (Wildman–Crippen LogP) is 6.64. The molecule has 0 spiro atoms. The largest absolute Gasteiger partial charge is 0.310 e. The van der Waals surface area contributed by atoms with E-state index in [1.807, 2.05) is 24.3 Å². The molecule has 0 saturated heterocycles. The smallest absolute Gasteiger partial charge is 0.0686 e. The number of hydrogen-bond donors (Lipinski definition) is 1. The Hall–Kier alpha value is -0.440. The lowest BCUT2D eigenvalue weighted by Gasteiger charge is -2.15. The summed E-state index contributed by atoms with van der Waals surface area (Å²) in [7, 11) is 0. The van der Waals surface area contributed by atoms with E-state index in [1.54, 1.807) is 6.07 Å². The SMILES string of the molecule is CCNC(C)c1ccc(-c2c(Cl)c(Cl)cc(Cl)c2Cl)cc1. The van der Waals surface area contributed by atoms with Gasteiger partial charge >= 0.3 is 0 Å². The average Bonchev–Trinajstić information content (AvgIpc) is 2.46. The monoisotopic (exact) mass is 361 g/mol. The van der Waals surface area contributed by atoms with Crippen LogP contribution in [0.15, 0.2) is 30.3 Å². The second-order valence-electron chi connectivity index (χ2n) is 4.74.